The van der Waals surface area contributed by atoms with Crippen LogP contribution in [0.25, 0.3) is 0 Å². The monoisotopic (exact) mass is 162 g/mol. The fraction of sp³-hybridized carbons (Fsp3) is 0.333. The van der Waals surface area contributed by atoms with Gasteiger partial charge in [-0.05, 0) is 6.26 Å². The molecule has 0 aliphatic carbocycles. The summed E-state index contributed by atoms with van der Waals surface area (Å²) in [4.78, 5) is 0. The zero-order valence-corrected chi connectivity index (χ0v) is 6.42. The molecule has 0 aromatic carbocycles. The molecule has 3 N–H and O–H groups in total. The maximum absolute atomic E-state index is 5.07. The highest BCUT2D eigenvalue weighted by atomic mass is 32.2. The predicted octanol–water partition coefficient (Wildman–Crippen LogP) is 0.546. The van der Waals surface area contributed by atoms with Gasteiger partial charge >= 0.3 is 0 Å². The van der Waals surface area contributed by atoms with Gasteiger partial charge < -0.3 is 0 Å². The van der Waals surface area contributed by atoms with Gasteiger partial charge in [-0.25, -0.2) is 5.84 Å². The van der Waals surface area contributed by atoms with E-state index in [4.69, 9.17) is 5.84 Å². The van der Waals surface area contributed by atoms with Crippen LogP contribution < -0.4 is 11.3 Å². The van der Waals surface area contributed by atoms with Crippen LogP contribution in [0.3, 0.4) is 0 Å². The number of nitrogen functional groups attached to an aromatic ring is 1. The topological polar surface area (TPSA) is 63.8 Å². The first-order valence-electron chi connectivity index (χ1n) is 2.21. The standard InChI is InChI=1S/C3H6N4S2/c1-8-3-7-6-2(5-4)9-3/h4H2,1H3,(H,5,6). The first kappa shape index (κ1) is 6.79. The van der Waals surface area contributed by atoms with Crippen molar-refractivity contribution in [2.75, 3.05) is 11.7 Å². The van der Waals surface area contributed by atoms with Gasteiger partial charge in [-0.1, -0.05) is 23.1 Å². The second-order valence-electron chi connectivity index (χ2n) is 1.22. The van der Waals surface area contributed by atoms with Crippen LogP contribution in [0.15, 0.2) is 4.34 Å². The number of nitrogens with zero attached hydrogens (tertiary/aromatic N) is 2. The number of thioether (sulfide) groups is 1. The number of hydrogen-bond donors (Lipinski definition) is 2. The van der Waals surface area contributed by atoms with E-state index in [0.717, 1.165) is 4.34 Å². The molecule has 6 heteroatoms. The van der Waals surface area contributed by atoms with Crippen molar-refractivity contribution in [2.24, 2.45) is 5.84 Å². The Labute approximate surface area is 60.8 Å². The molecule has 0 unspecified atom stereocenters. The molecule has 0 radical (unpaired) electrons. The third kappa shape index (κ3) is 1.54. The second-order valence-corrected chi connectivity index (χ2v) is 3.25. The van der Waals surface area contributed by atoms with Crippen molar-refractivity contribution in [3.8, 4) is 0 Å². The van der Waals surface area contributed by atoms with E-state index >= 15 is 0 Å². The Morgan fingerprint density at radius 3 is 2.78 bits per heavy atom. The van der Waals surface area contributed by atoms with Gasteiger partial charge in [0.2, 0.25) is 5.13 Å². The molecule has 0 saturated carbocycles. The van der Waals surface area contributed by atoms with E-state index in [9.17, 15) is 0 Å². The summed E-state index contributed by atoms with van der Waals surface area (Å²) in [5.41, 5.74) is 2.41. The van der Waals surface area contributed by atoms with Crippen molar-refractivity contribution < 1.29 is 0 Å². The van der Waals surface area contributed by atoms with Crippen molar-refractivity contribution in [3.63, 3.8) is 0 Å². The highest BCUT2D eigenvalue weighted by Gasteiger charge is 1.97. The van der Waals surface area contributed by atoms with Crippen LogP contribution in [0.4, 0.5) is 5.13 Å². The molecule has 0 spiro atoms. The average Bonchev–Trinajstić information content (AvgIpc) is 2.34. The highest BCUT2D eigenvalue weighted by Crippen LogP contribution is 2.21. The molecule has 0 atom stereocenters. The number of hydrazine groups is 1. The van der Waals surface area contributed by atoms with Crippen LogP contribution in [0.2, 0.25) is 0 Å². The van der Waals surface area contributed by atoms with Gasteiger partial charge in [-0.3, -0.25) is 5.43 Å². The Morgan fingerprint density at radius 1 is 1.67 bits per heavy atom. The van der Waals surface area contributed by atoms with E-state index in [0.29, 0.717) is 5.13 Å². The number of nitrogens with two attached hydrogens (primary N) is 1. The number of rotatable bonds is 2. The van der Waals surface area contributed by atoms with Crippen molar-refractivity contribution >= 4 is 28.2 Å². The number of hydrogen-bond acceptors (Lipinski definition) is 6. The van der Waals surface area contributed by atoms with Gasteiger partial charge in [0.05, 0.1) is 0 Å². The van der Waals surface area contributed by atoms with Crippen LogP contribution >= 0.6 is 23.1 Å². The fourth-order valence-electron chi connectivity index (χ4n) is 0.351. The smallest absolute Gasteiger partial charge is 0.220 e. The zero-order chi connectivity index (χ0) is 6.69. The van der Waals surface area contributed by atoms with Gasteiger partial charge in [0.1, 0.15) is 0 Å². The number of anilines is 1. The summed E-state index contributed by atoms with van der Waals surface area (Å²) in [6.45, 7) is 0. The SMILES string of the molecule is CSc1nnc(NN)s1. The summed E-state index contributed by atoms with van der Waals surface area (Å²) in [5, 5.41) is 8.16. The summed E-state index contributed by atoms with van der Waals surface area (Å²) in [6, 6.07) is 0. The minimum atomic E-state index is 0.652. The number of aromatic nitrogens is 2. The summed E-state index contributed by atoms with van der Waals surface area (Å²) in [7, 11) is 0. The quantitative estimate of drug-likeness (QED) is 0.377. The minimum absolute atomic E-state index is 0.652. The lowest BCUT2D eigenvalue weighted by atomic mass is 11.3. The molecule has 1 aromatic rings. The molecule has 1 aromatic heterocycles. The van der Waals surface area contributed by atoms with Crippen molar-refractivity contribution in [3.05, 3.63) is 0 Å². The second kappa shape index (κ2) is 3.00. The first-order chi connectivity index (χ1) is 4.36. The fourth-order valence-corrected chi connectivity index (χ4v) is 1.43. The molecule has 1 heterocycles. The largest absolute Gasteiger partial charge is 0.298 e. The molecule has 0 amide bonds. The summed E-state index contributed by atoms with van der Waals surface area (Å²) in [5.74, 6) is 5.07. The van der Waals surface area contributed by atoms with Crippen molar-refractivity contribution in [1.82, 2.24) is 10.2 Å². The first-order valence-corrected chi connectivity index (χ1v) is 4.25. The molecule has 0 saturated heterocycles. The highest BCUT2D eigenvalue weighted by molar-refractivity contribution is 8.00. The van der Waals surface area contributed by atoms with Gasteiger partial charge in [-0.15, -0.1) is 10.2 Å². The number of nitrogens with one attached hydrogen (secondary N) is 1. The third-order valence-corrected chi connectivity index (χ3v) is 2.53. The van der Waals surface area contributed by atoms with Crippen LogP contribution in [-0.4, -0.2) is 16.5 Å². The lowest BCUT2D eigenvalue weighted by Gasteiger charge is -1.83. The Morgan fingerprint density at radius 2 is 2.44 bits per heavy atom. The van der Waals surface area contributed by atoms with E-state index in [-0.39, 0.29) is 0 Å². The molecule has 4 nitrogen and oxygen atoms in total. The van der Waals surface area contributed by atoms with Crippen LogP contribution in [0.5, 0.6) is 0 Å². The van der Waals surface area contributed by atoms with Crippen molar-refractivity contribution in [2.45, 2.75) is 4.34 Å². The molecular formula is C3H6N4S2. The normalized spacial score (nSPS) is 9.56. The Hall–Kier alpha value is -0.330. The van der Waals surface area contributed by atoms with E-state index < -0.39 is 0 Å². The predicted molar refractivity (Wildman–Crippen MR) is 39.5 cm³/mol. The maximum Gasteiger partial charge on any atom is 0.220 e. The molecule has 50 valence electrons. The zero-order valence-electron chi connectivity index (χ0n) is 4.79. The van der Waals surface area contributed by atoms with E-state index in [1.807, 2.05) is 6.26 Å². The van der Waals surface area contributed by atoms with Gasteiger partial charge in [0.25, 0.3) is 0 Å². The average molecular weight is 162 g/mol. The molecule has 0 aliphatic heterocycles. The lowest BCUT2D eigenvalue weighted by molar-refractivity contribution is 1.01. The molecule has 0 aliphatic rings. The third-order valence-electron chi connectivity index (χ3n) is 0.705. The summed E-state index contributed by atoms with van der Waals surface area (Å²) in [6.07, 6.45) is 1.95. The van der Waals surface area contributed by atoms with E-state index in [1.165, 1.54) is 11.3 Å². The van der Waals surface area contributed by atoms with Crippen LogP contribution in [0, 0.1) is 0 Å². The molecule has 9 heavy (non-hydrogen) atoms. The summed E-state index contributed by atoms with van der Waals surface area (Å²) < 4.78 is 0.919. The summed E-state index contributed by atoms with van der Waals surface area (Å²) >= 11 is 2.99. The van der Waals surface area contributed by atoms with Gasteiger partial charge in [0.15, 0.2) is 4.34 Å². The molecular weight excluding hydrogens is 156 g/mol. The van der Waals surface area contributed by atoms with E-state index in [1.54, 1.807) is 11.8 Å². The molecule has 0 fully saturated rings. The minimum Gasteiger partial charge on any atom is -0.298 e. The van der Waals surface area contributed by atoms with Gasteiger partial charge in [0, 0.05) is 0 Å². The Kier molecular flexibility index (Phi) is 2.26. The van der Waals surface area contributed by atoms with Crippen molar-refractivity contribution in [1.29, 1.82) is 0 Å². The molecule has 1 rings (SSSR count). The molecule has 0 bridgehead atoms. The Bertz CT molecular complexity index is 167. The lowest BCUT2D eigenvalue weighted by Crippen LogP contribution is -2.05. The van der Waals surface area contributed by atoms with Crippen LogP contribution in [-0.2, 0) is 0 Å². The maximum atomic E-state index is 5.07. The van der Waals surface area contributed by atoms with Gasteiger partial charge in [-0.2, -0.15) is 0 Å². The van der Waals surface area contributed by atoms with E-state index in [2.05, 4.69) is 15.6 Å². The van der Waals surface area contributed by atoms with Crippen LogP contribution in [0.1, 0.15) is 0 Å². The Balaban J connectivity index is 2.74.